The third-order valence-electron chi connectivity index (χ3n) is 8.45. The first-order valence-corrected chi connectivity index (χ1v) is 15.6. The van der Waals surface area contributed by atoms with Crippen LogP contribution in [0.25, 0.3) is 55.7 Å². The van der Waals surface area contributed by atoms with Gasteiger partial charge in [0.25, 0.3) is 0 Å². The van der Waals surface area contributed by atoms with Crippen molar-refractivity contribution in [3.05, 3.63) is 188 Å². The molecule has 0 atom stereocenters. The van der Waals surface area contributed by atoms with E-state index in [4.69, 9.17) is 4.42 Å². The third kappa shape index (κ3) is 5.49. The molecule has 0 N–H and O–H groups in total. The van der Waals surface area contributed by atoms with Crippen molar-refractivity contribution in [2.45, 2.75) is 0 Å². The largest absolute Gasteiger partial charge is 0.456 e. The van der Waals surface area contributed by atoms with E-state index < -0.39 is 0 Å². The van der Waals surface area contributed by atoms with Gasteiger partial charge in [0, 0.05) is 28.0 Å². The molecule has 1 aromatic heterocycles. The number of hydrogen-bond donors (Lipinski definition) is 0. The molecule has 0 saturated carbocycles. The number of rotatable bonds is 7. The van der Waals surface area contributed by atoms with E-state index in [9.17, 15) is 0 Å². The molecule has 218 valence electrons. The Labute approximate surface area is 269 Å². The van der Waals surface area contributed by atoms with Gasteiger partial charge in [0.1, 0.15) is 11.3 Å². The number of fused-ring (bicyclic) bond motifs is 1. The summed E-state index contributed by atoms with van der Waals surface area (Å²) in [5.74, 6) is 0.856. The van der Waals surface area contributed by atoms with Crippen LogP contribution in [-0.4, -0.2) is 0 Å². The number of nitrogens with zero attached hydrogens (tertiary/aromatic N) is 1. The number of hydrogen-bond acceptors (Lipinski definition) is 2. The normalized spacial score (nSPS) is 11.0. The minimum Gasteiger partial charge on any atom is -0.456 e. The summed E-state index contributed by atoms with van der Waals surface area (Å²) < 4.78 is 6.26. The first kappa shape index (κ1) is 27.4. The van der Waals surface area contributed by atoms with Gasteiger partial charge in [0.2, 0.25) is 0 Å². The van der Waals surface area contributed by atoms with Gasteiger partial charge < -0.3 is 9.32 Å². The fourth-order valence-corrected chi connectivity index (χ4v) is 6.14. The molecule has 0 amide bonds. The second-order valence-electron chi connectivity index (χ2n) is 11.4. The van der Waals surface area contributed by atoms with Gasteiger partial charge in [-0.3, -0.25) is 0 Å². The Hall–Kier alpha value is -6.12. The zero-order valence-corrected chi connectivity index (χ0v) is 25.3. The van der Waals surface area contributed by atoms with Crippen LogP contribution in [-0.2, 0) is 0 Å². The smallest absolute Gasteiger partial charge is 0.135 e. The standard InChI is InChI=1S/C44H31NO/c1-3-12-32(13-4-1)35-17-9-18-36(28-35)34-24-26-40(27-25-34)45(41-21-10-19-37(29-41)33-14-5-2-6-15-33)42-22-11-20-38(30-42)44-31-39-16-7-8-23-43(39)46-44/h1-31H. The molecule has 0 saturated heterocycles. The Balaban J connectivity index is 1.21. The lowest BCUT2D eigenvalue weighted by molar-refractivity contribution is 0.631. The average Bonchev–Trinajstić information content (AvgIpc) is 3.58. The zero-order valence-electron chi connectivity index (χ0n) is 25.3. The second kappa shape index (κ2) is 12.1. The van der Waals surface area contributed by atoms with E-state index in [1.807, 2.05) is 18.2 Å². The van der Waals surface area contributed by atoms with Crippen LogP contribution >= 0.6 is 0 Å². The topological polar surface area (TPSA) is 16.4 Å². The molecule has 0 fully saturated rings. The van der Waals surface area contributed by atoms with E-state index >= 15 is 0 Å². The molecule has 8 rings (SSSR count). The molecule has 7 aromatic carbocycles. The first-order chi connectivity index (χ1) is 22.8. The predicted octanol–water partition coefficient (Wildman–Crippen LogP) is 12.6. The fraction of sp³-hybridized carbons (Fsp3) is 0. The minimum absolute atomic E-state index is 0.856. The minimum atomic E-state index is 0.856. The quantitative estimate of drug-likeness (QED) is 0.184. The van der Waals surface area contributed by atoms with Crippen molar-refractivity contribution in [2.24, 2.45) is 0 Å². The summed E-state index contributed by atoms with van der Waals surface area (Å²) in [6, 6.07) is 66.3. The fourth-order valence-electron chi connectivity index (χ4n) is 6.14. The molecule has 0 unspecified atom stereocenters. The van der Waals surface area contributed by atoms with Crippen molar-refractivity contribution < 1.29 is 4.42 Å². The predicted molar refractivity (Wildman–Crippen MR) is 193 cm³/mol. The van der Waals surface area contributed by atoms with E-state index in [2.05, 4.69) is 175 Å². The van der Waals surface area contributed by atoms with Crippen LogP contribution in [0.3, 0.4) is 0 Å². The molecule has 0 aliphatic heterocycles. The molecule has 8 aromatic rings. The van der Waals surface area contributed by atoms with E-state index in [1.54, 1.807) is 0 Å². The maximum atomic E-state index is 6.26. The van der Waals surface area contributed by atoms with Crippen molar-refractivity contribution in [3.8, 4) is 44.7 Å². The van der Waals surface area contributed by atoms with E-state index in [0.717, 1.165) is 39.4 Å². The molecule has 46 heavy (non-hydrogen) atoms. The summed E-state index contributed by atoms with van der Waals surface area (Å²) in [4.78, 5) is 2.32. The van der Waals surface area contributed by atoms with Gasteiger partial charge in [-0.1, -0.05) is 133 Å². The molecular formula is C44H31NO. The van der Waals surface area contributed by atoms with Crippen molar-refractivity contribution >= 4 is 28.0 Å². The van der Waals surface area contributed by atoms with Crippen LogP contribution in [0.4, 0.5) is 17.1 Å². The molecule has 0 spiro atoms. The third-order valence-corrected chi connectivity index (χ3v) is 8.45. The van der Waals surface area contributed by atoms with Gasteiger partial charge in [-0.2, -0.15) is 0 Å². The van der Waals surface area contributed by atoms with Crippen LogP contribution in [0.2, 0.25) is 0 Å². The van der Waals surface area contributed by atoms with E-state index in [-0.39, 0.29) is 0 Å². The van der Waals surface area contributed by atoms with Crippen LogP contribution < -0.4 is 4.90 Å². The summed E-state index contributed by atoms with van der Waals surface area (Å²) >= 11 is 0. The Morgan fingerprint density at radius 1 is 0.304 bits per heavy atom. The number of para-hydroxylation sites is 1. The lowest BCUT2D eigenvalue weighted by Gasteiger charge is -2.26. The van der Waals surface area contributed by atoms with Crippen molar-refractivity contribution in [1.29, 1.82) is 0 Å². The van der Waals surface area contributed by atoms with Gasteiger partial charge in [-0.05, 0) is 88.0 Å². The molecule has 2 nitrogen and oxygen atoms in total. The Morgan fingerprint density at radius 3 is 1.41 bits per heavy atom. The van der Waals surface area contributed by atoms with Gasteiger partial charge in [0.15, 0.2) is 0 Å². The van der Waals surface area contributed by atoms with Gasteiger partial charge in [-0.25, -0.2) is 0 Å². The van der Waals surface area contributed by atoms with E-state index in [1.165, 1.54) is 33.4 Å². The van der Waals surface area contributed by atoms with Gasteiger partial charge >= 0.3 is 0 Å². The molecule has 2 heteroatoms. The average molecular weight is 590 g/mol. The van der Waals surface area contributed by atoms with Crippen molar-refractivity contribution in [1.82, 2.24) is 0 Å². The number of anilines is 3. The molecule has 0 aliphatic rings. The highest BCUT2D eigenvalue weighted by Crippen LogP contribution is 2.40. The van der Waals surface area contributed by atoms with Crippen molar-refractivity contribution in [3.63, 3.8) is 0 Å². The van der Waals surface area contributed by atoms with Crippen LogP contribution in [0, 0.1) is 0 Å². The molecule has 0 aliphatic carbocycles. The maximum absolute atomic E-state index is 6.26. The molecule has 0 radical (unpaired) electrons. The lowest BCUT2D eigenvalue weighted by atomic mass is 9.98. The summed E-state index contributed by atoms with van der Waals surface area (Å²) in [5, 5.41) is 1.10. The number of benzene rings is 7. The van der Waals surface area contributed by atoms with Gasteiger partial charge in [-0.15, -0.1) is 0 Å². The van der Waals surface area contributed by atoms with Crippen LogP contribution in [0.1, 0.15) is 0 Å². The first-order valence-electron chi connectivity index (χ1n) is 15.6. The Kier molecular flexibility index (Phi) is 7.22. The van der Waals surface area contributed by atoms with Crippen LogP contribution in [0.15, 0.2) is 192 Å². The highest BCUT2D eigenvalue weighted by Gasteiger charge is 2.16. The highest BCUT2D eigenvalue weighted by atomic mass is 16.3. The van der Waals surface area contributed by atoms with Crippen LogP contribution in [0.5, 0.6) is 0 Å². The summed E-state index contributed by atoms with van der Waals surface area (Å²) in [7, 11) is 0. The van der Waals surface area contributed by atoms with E-state index in [0.29, 0.717) is 0 Å². The number of furan rings is 1. The Bertz CT molecular complexity index is 2220. The van der Waals surface area contributed by atoms with Crippen molar-refractivity contribution in [2.75, 3.05) is 4.90 Å². The summed E-state index contributed by atoms with van der Waals surface area (Å²) in [6.45, 7) is 0. The highest BCUT2D eigenvalue weighted by molar-refractivity contribution is 5.86. The molecule has 0 bridgehead atoms. The Morgan fingerprint density at radius 2 is 0.783 bits per heavy atom. The zero-order chi connectivity index (χ0) is 30.7. The van der Waals surface area contributed by atoms with Gasteiger partial charge in [0.05, 0.1) is 0 Å². The lowest BCUT2D eigenvalue weighted by Crippen LogP contribution is -2.10. The summed E-state index contributed by atoms with van der Waals surface area (Å²) in [5.41, 5.74) is 12.3. The molecular weight excluding hydrogens is 558 g/mol. The molecule has 1 heterocycles. The maximum Gasteiger partial charge on any atom is 0.135 e. The SMILES string of the molecule is c1ccc(-c2cccc(-c3ccc(N(c4cccc(-c5ccccc5)c4)c4cccc(-c5cc6ccccc6o5)c4)cc3)c2)cc1. The summed E-state index contributed by atoms with van der Waals surface area (Å²) in [6.07, 6.45) is 0. The monoisotopic (exact) mass is 589 g/mol. The second-order valence-corrected chi connectivity index (χ2v) is 11.4.